The van der Waals surface area contributed by atoms with Gasteiger partial charge in [-0.15, -0.1) is 0 Å². The van der Waals surface area contributed by atoms with Gasteiger partial charge in [0.1, 0.15) is 0 Å². The molecule has 0 aromatic carbocycles. The summed E-state index contributed by atoms with van der Waals surface area (Å²) in [4.78, 5) is 0. The van der Waals surface area contributed by atoms with Gasteiger partial charge in [-0.25, -0.2) is 0 Å². The van der Waals surface area contributed by atoms with Crippen LogP contribution in [-0.2, 0) is 0 Å². The van der Waals surface area contributed by atoms with Gasteiger partial charge in [-0.2, -0.15) is 0 Å². The SMILES string of the molecule is CCC(C)(O)CNC(CC)(CC)CC. The predicted molar refractivity (Wildman–Crippen MR) is 62.5 cm³/mol. The maximum atomic E-state index is 9.91. The Labute approximate surface area is 89.1 Å². The number of nitrogens with one attached hydrogen (secondary N) is 1. The van der Waals surface area contributed by atoms with E-state index < -0.39 is 5.60 Å². The quantitative estimate of drug-likeness (QED) is 0.664. The van der Waals surface area contributed by atoms with E-state index in [0.29, 0.717) is 6.54 Å². The van der Waals surface area contributed by atoms with Crippen LogP contribution in [0.3, 0.4) is 0 Å². The van der Waals surface area contributed by atoms with Gasteiger partial charge in [-0.05, 0) is 32.6 Å². The van der Waals surface area contributed by atoms with Crippen LogP contribution < -0.4 is 5.32 Å². The molecule has 0 saturated carbocycles. The summed E-state index contributed by atoms with van der Waals surface area (Å²) in [6.07, 6.45) is 4.17. The molecule has 0 aromatic heterocycles. The van der Waals surface area contributed by atoms with E-state index in [1.54, 1.807) is 0 Å². The lowest BCUT2D eigenvalue weighted by Gasteiger charge is -2.35. The number of aliphatic hydroxyl groups is 1. The molecular weight excluding hydrogens is 174 g/mol. The Morgan fingerprint density at radius 2 is 1.36 bits per heavy atom. The summed E-state index contributed by atoms with van der Waals surface area (Å²) in [5.74, 6) is 0. The molecule has 2 nitrogen and oxygen atoms in total. The van der Waals surface area contributed by atoms with Crippen molar-refractivity contribution >= 4 is 0 Å². The average Bonchev–Trinajstić information content (AvgIpc) is 2.21. The first-order valence-corrected chi connectivity index (χ1v) is 5.92. The summed E-state index contributed by atoms with van der Waals surface area (Å²) in [7, 11) is 0. The molecule has 86 valence electrons. The summed E-state index contributed by atoms with van der Waals surface area (Å²) in [6.45, 7) is 11.2. The van der Waals surface area contributed by atoms with Crippen LogP contribution in [-0.4, -0.2) is 22.8 Å². The minimum absolute atomic E-state index is 0.221. The van der Waals surface area contributed by atoms with E-state index in [9.17, 15) is 5.11 Å². The predicted octanol–water partition coefficient (Wildman–Crippen LogP) is 2.71. The van der Waals surface area contributed by atoms with Gasteiger partial charge in [0.05, 0.1) is 5.60 Å². The maximum Gasteiger partial charge on any atom is 0.0741 e. The number of rotatable bonds is 7. The zero-order chi connectivity index (χ0) is 11.2. The lowest BCUT2D eigenvalue weighted by atomic mass is 9.88. The minimum atomic E-state index is -0.565. The molecule has 1 atom stereocenters. The molecule has 0 amide bonds. The zero-order valence-electron chi connectivity index (χ0n) is 10.5. The fourth-order valence-electron chi connectivity index (χ4n) is 1.63. The van der Waals surface area contributed by atoms with Gasteiger partial charge in [0.25, 0.3) is 0 Å². The normalized spacial score (nSPS) is 16.7. The third-order valence-electron chi connectivity index (χ3n) is 3.64. The topological polar surface area (TPSA) is 32.3 Å². The van der Waals surface area contributed by atoms with E-state index in [2.05, 4.69) is 26.1 Å². The van der Waals surface area contributed by atoms with E-state index in [1.807, 2.05) is 13.8 Å². The fourth-order valence-corrected chi connectivity index (χ4v) is 1.63. The van der Waals surface area contributed by atoms with Gasteiger partial charge in [0.15, 0.2) is 0 Å². The number of hydrogen-bond acceptors (Lipinski definition) is 2. The third kappa shape index (κ3) is 3.97. The second-order valence-electron chi connectivity index (χ2n) is 4.55. The molecule has 0 bridgehead atoms. The summed E-state index contributed by atoms with van der Waals surface area (Å²) < 4.78 is 0. The first-order valence-electron chi connectivity index (χ1n) is 5.92. The molecule has 0 heterocycles. The number of β-amino-alcohol motifs (C(OH)–C–C–N with tert-alkyl or cyclic N) is 1. The highest BCUT2D eigenvalue weighted by Gasteiger charge is 2.26. The molecule has 0 saturated heterocycles. The Kier molecular flexibility index (Phi) is 5.68. The van der Waals surface area contributed by atoms with E-state index in [1.165, 1.54) is 0 Å². The smallest absolute Gasteiger partial charge is 0.0741 e. The fraction of sp³-hybridized carbons (Fsp3) is 1.00. The van der Waals surface area contributed by atoms with E-state index in [4.69, 9.17) is 0 Å². The molecule has 0 aliphatic carbocycles. The molecule has 2 N–H and O–H groups in total. The van der Waals surface area contributed by atoms with E-state index >= 15 is 0 Å². The van der Waals surface area contributed by atoms with Crippen molar-refractivity contribution in [3.63, 3.8) is 0 Å². The Bertz CT molecular complexity index is 142. The molecule has 0 fully saturated rings. The highest BCUT2D eigenvalue weighted by atomic mass is 16.3. The first kappa shape index (κ1) is 13.9. The van der Waals surface area contributed by atoms with Crippen LogP contribution in [0.1, 0.15) is 60.3 Å². The molecule has 0 aliphatic heterocycles. The van der Waals surface area contributed by atoms with Gasteiger partial charge in [0, 0.05) is 12.1 Å². The number of hydrogen-bond donors (Lipinski definition) is 2. The molecular formula is C12H27NO. The lowest BCUT2D eigenvalue weighted by Crippen LogP contribution is -2.50. The summed E-state index contributed by atoms with van der Waals surface area (Å²) in [5.41, 5.74) is -0.343. The van der Waals surface area contributed by atoms with Crippen LogP contribution in [0.5, 0.6) is 0 Å². The Morgan fingerprint density at radius 3 is 1.64 bits per heavy atom. The van der Waals surface area contributed by atoms with Crippen LogP contribution in [0, 0.1) is 0 Å². The van der Waals surface area contributed by atoms with Crippen molar-refractivity contribution in [2.24, 2.45) is 0 Å². The van der Waals surface area contributed by atoms with Gasteiger partial charge < -0.3 is 10.4 Å². The highest BCUT2D eigenvalue weighted by Crippen LogP contribution is 2.20. The van der Waals surface area contributed by atoms with Crippen molar-refractivity contribution < 1.29 is 5.11 Å². The van der Waals surface area contributed by atoms with Crippen molar-refractivity contribution in [3.05, 3.63) is 0 Å². The standard InChI is InChI=1S/C12H27NO/c1-6-11(5,14)10-13-12(7-2,8-3)9-4/h13-14H,6-10H2,1-5H3. The zero-order valence-corrected chi connectivity index (χ0v) is 10.5. The van der Waals surface area contributed by atoms with Gasteiger partial charge in [-0.1, -0.05) is 27.7 Å². The van der Waals surface area contributed by atoms with Gasteiger partial charge >= 0.3 is 0 Å². The third-order valence-corrected chi connectivity index (χ3v) is 3.64. The van der Waals surface area contributed by atoms with Crippen LogP contribution in [0.4, 0.5) is 0 Å². The van der Waals surface area contributed by atoms with Crippen molar-refractivity contribution in [3.8, 4) is 0 Å². The van der Waals surface area contributed by atoms with Crippen molar-refractivity contribution in [1.29, 1.82) is 0 Å². The second-order valence-corrected chi connectivity index (χ2v) is 4.55. The van der Waals surface area contributed by atoms with Gasteiger partial charge in [-0.3, -0.25) is 0 Å². The maximum absolute atomic E-state index is 9.91. The summed E-state index contributed by atoms with van der Waals surface area (Å²) in [6, 6.07) is 0. The lowest BCUT2D eigenvalue weighted by molar-refractivity contribution is 0.0444. The second kappa shape index (κ2) is 5.72. The van der Waals surface area contributed by atoms with Crippen LogP contribution >= 0.6 is 0 Å². The van der Waals surface area contributed by atoms with Crippen molar-refractivity contribution in [2.45, 2.75) is 71.4 Å². The summed E-state index contributed by atoms with van der Waals surface area (Å²) in [5, 5.41) is 13.4. The van der Waals surface area contributed by atoms with Crippen LogP contribution in [0.25, 0.3) is 0 Å². The van der Waals surface area contributed by atoms with Crippen LogP contribution in [0.2, 0.25) is 0 Å². The molecule has 0 aliphatic rings. The molecule has 14 heavy (non-hydrogen) atoms. The Morgan fingerprint density at radius 1 is 0.929 bits per heavy atom. The molecule has 0 radical (unpaired) electrons. The van der Waals surface area contributed by atoms with Crippen molar-refractivity contribution in [1.82, 2.24) is 5.32 Å². The summed E-state index contributed by atoms with van der Waals surface area (Å²) >= 11 is 0. The van der Waals surface area contributed by atoms with Crippen LogP contribution in [0.15, 0.2) is 0 Å². The van der Waals surface area contributed by atoms with Gasteiger partial charge in [0.2, 0.25) is 0 Å². The highest BCUT2D eigenvalue weighted by molar-refractivity contribution is 4.87. The molecule has 1 unspecified atom stereocenters. The molecule has 0 spiro atoms. The van der Waals surface area contributed by atoms with E-state index in [0.717, 1.165) is 25.7 Å². The average molecular weight is 201 g/mol. The minimum Gasteiger partial charge on any atom is -0.389 e. The Hall–Kier alpha value is -0.0800. The monoisotopic (exact) mass is 201 g/mol. The largest absolute Gasteiger partial charge is 0.389 e. The molecule has 0 aromatic rings. The van der Waals surface area contributed by atoms with Crippen molar-refractivity contribution in [2.75, 3.05) is 6.54 Å². The van der Waals surface area contributed by atoms with E-state index in [-0.39, 0.29) is 5.54 Å². The molecule has 2 heteroatoms. The Balaban J connectivity index is 4.19. The first-order chi connectivity index (χ1) is 6.45. The molecule has 0 rings (SSSR count).